The molecule has 0 radical (unpaired) electrons. The van der Waals surface area contributed by atoms with E-state index >= 15 is 0 Å². The zero-order chi connectivity index (χ0) is 21.2. The van der Waals surface area contributed by atoms with Gasteiger partial charge in [-0.2, -0.15) is 0 Å². The predicted octanol–water partition coefficient (Wildman–Crippen LogP) is 1.72. The van der Waals surface area contributed by atoms with Gasteiger partial charge in [-0.05, 0) is 60.7 Å². The molecule has 0 spiro atoms. The summed E-state index contributed by atoms with van der Waals surface area (Å²) >= 11 is 0. The van der Waals surface area contributed by atoms with Crippen molar-refractivity contribution < 1.29 is 23.1 Å². The number of aliphatic hydroxyl groups excluding tert-OH is 1. The lowest BCUT2D eigenvalue weighted by Crippen LogP contribution is -2.34. The number of sulfonamides is 1. The number of carbonyl (C=O) groups excluding carboxylic acids is 1. The molecule has 2 atom stereocenters. The highest BCUT2D eigenvalue weighted by molar-refractivity contribution is 7.89. The molecule has 8 heteroatoms. The maximum Gasteiger partial charge on any atom is 0.238 e. The molecule has 0 aliphatic heterocycles. The standard InChI is InChI=1S/C21H26N2O5S/c1-13-3-4-15(10-20(13)29(22,26)27)19(24)12-23-11-16-6-5-14-9-17(28-2)7-8-18(14)21(16)25/h3-4,7-10,16,19,23-24H,5-6,11-12H2,1-2H3,(H2,22,26,27)/t16-,19+/m0/s1. The van der Waals surface area contributed by atoms with Crippen molar-refractivity contribution in [3.05, 3.63) is 58.7 Å². The molecule has 2 aromatic carbocycles. The first-order valence-electron chi connectivity index (χ1n) is 9.44. The number of aryl methyl sites for hydroxylation is 2. The van der Waals surface area contributed by atoms with Crippen molar-refractivity contribution in [3.63, 3.8) is 0 Å². The lowest BCUT2D eigenvalue weighted by Gasteiger charge is -2.24. The van der Waals surface area contributed by atoms with Crippen LogP contribution in [0.25, 0.3) is 0 Å². The number of nitrogens with one attached hydrogen (secondary N) is 1. The minimum Gasteiger partial charge on any atom is -0.497 e. The fourth-order valence-electron chi connectivity index (χ4n) is 3.66. The van der Waals surface area contributed by atoms with E-state index in [0.29, 0.717) is 17.7 Å². The maximum atomic E-state index is 12.7. The maximum absolute atomic E-state index is 12.7. The number of ether oxygens (including phenoxy) is 1. The molecule has 4 N–H and O–H groups in total. The van der Waals surface area contributed by atoms with Gasteiger partial charge in [0.05, 0.1) is 18.1 Å². The Morgan fingerprint density at radius 2 is 2.03 bits per heavy atom. The van der Waals surface area contributed by atoms with Gasteiger partial charge >= 0.3 is 0 Å². The van der Waals surface area contributed by atoms with Crippen LogP contribution in [0.1, 0.15) is 39.6 Å². The van der Waals surface area contributed by atoms with Gasteiger partial charge in [0.25, 0.3) is 0 Å². The van der Waals surface area contributed by atoms with Crippen LogP contribution in [0.3, 0.4) is 0 Å². The molecule has 1 aliphatic carbocycles. The minimum atomic E-state index is -3.85. The van der Waals surface area contributed by atoms with Crippen LogP contribution < -0.4 is 15.2 Å². The number of benzene rings is 2. The molecule has 3 rings (SSSR count). The number of primary sulfonamides is 1. The summed E-state index contributed by atoms with van der Waals surface area (Å²) in [6, 6.07) is 10.2. The number of methoxy groups -OCH3 is 1. The number of nitrogens with two attached hydrogens (primary N) is 1. The van der Waals surface area contributed by atoms with Crippen molar-refractivity contribution in [2.75, 3.05) is 20.2 Å². The fraction of sp³-hybridized carbons (Fsp3) is 0.381. The van der Waals surface area contributed by atoms with E-state index in [1.165, 1.54) is 6.07 Å². The van der Waals surface area contributed by atoms with Crippen LogP contribution in [0, 0.1) is 12.8 Å². The molecular weight excluding hydrogens is 392 g/mol. The second kappa shape index (κ2) is 8.62. The lowest BCUT2D eigenvalue weighted by atomic mass is 9.82. The van der Waals surface area contributed by atoms with Crippen LogP contribution in [-0.2, 0) is 16.4 Å². The average Bonchev–Trinajstić information content (AvgIpc) is 2.68. The van der Waals surface area contributed by atoms with Gasteiger partial charge in [-0.3, -0.25) is 4.79 Å². The summed E-state index contributed by atoms with van der Waals surface area (Å²) in [5.41, 5.74) is 2.71. The summed E-state index contributed by atoms with van der Waals surface area (Å²) in [7, 11) is -2.25. The zero-order valence-corrected chi connectivity index (χ0v) is 17.3. The molecule has 7 nitrogen and oxygen atoms in total. The summed E-state index contributed by atoms with van der Waals surface area (Å²) in [5, 5.41) is 18.8. The molecule has 0 unspecified atom stereocenters. The third-order valence-corrected chi connectivity index (χ3v) is 6.40. The van der Waals surface area contributed by atoms with Crippen molar-refractivity contribution in [3.8, 4) is 5.75 Å². The Bertz CT molecular complexity index is 1020. The lowest BCUT2D eigenvalue weighted by molar-refractivity contribution is 0.0894. The van der Waals surface area contributed by atoms with Crippen LogP contribution in [-0.4, -0.2) is 39.5 Å². The molecule has 0 amide bonds. The number of ketones is 1. The Balaban J connectivity index is 1.61. The molecule has 1 aliphatic rings. The van der Waals surface area contributed by atoms with Crippen LogP contribution in [0.15, 0.2) is 41.3 Å². The highest BCUT2D eigenvalue weighted by atomic mass is 32.2. The fourth-order valence-corrected chi connectivity index (χ4v) is 4.48. The number of rotatable bonds is 7. The van der Waals surface area contributed by atoms with E-state index in [4.69, 9.17) is 9.88 Å². The minimum absolute atomic E-state index is 0.00328. The quantitative estimate of drug-likeness (QED) is 0.630. The first-order chi connectivity index (χ1) is 13.7. The Kier molecular flexibility index (Phi) is 6.38. The third-order valence-electron chi connectivity index (χ3n) is 5.34. The van der Waals surface area contributed by atoms with Gasteiger partial charge in [-0.25, -0.2) is 13.6 Å². The second-order valence-corrected chi connectivity index (χ2v) is 8.90. The number of hydrogen-bond donors (Lipinski definition) is 3. The van der Waals surface area contributed by atoms with Gasteiger partial charge in [0.2, 0.25) is 10.0 Å². The molecule has 0 aromatic heterocycles. The van der Waals surface area contributed by atoms with E-state index in [-0.39, 0.29) is 23.1 Å². The molecule has 2 aromatic rings. The van der Waals surface area contributed by atoms with Crippen molar-refractivity contribution in [2.24, 2.45) is 11.1 Å². The predicted molar refractivity (Wildman–Crippen MR) is 110 cm³/mol. The highest BCUT2D eigenvalue weighted by Gasteiger charge is 2.27. The third kappa shape index (κ3) is 4.84. The van der Waals surface area contributed by atoms with E-state index in [1.54, 1.807) is 38.3 Å². The van der Waals surface area contributed by atoms with E-state index in [2.05, 4.69) is 5.32 Å². The van der Waals surface area contributed by atoms with Crippen molar-refractivity contribution in [1.82, 2.24) is 5.32 Å². The monoisotopic (exact) mass is 418 g/mol. The van der Waals surface area contributed by atoms with E-state index in [0.717, 1.165) is 29.7 Å². The van der Waals surface area contributed by atoms with Gasteiger partial charge in [-0.1, -0.05) is 12.1 Å². The van der Waals surface area contributed by atoms with E-state index in [9.17, 15) is 18.3 Å². The number of fused-ring (bicyclic) bond motifs is 1. The Morgan fingerprint density at radius 1 is 1.28 bits per heavy atom. The zero-order valence-electron chi connectivity index (χ0n) is 16.5. The van der Waals surface area contributed by atoms with Gasteiger partial charge in [0, 0.05) is 24.6 Å². The first kappa shape index (κ1) is 21.4. The molecule has 0 fully saturated rings. The topological polar surface area (TPSA) is 119 Å². The average molecular weight is 419 g/mol. The van der Waals surface area contributed by atoms with Crippen molar-refractivity contribution in [2.45, 2.75) is 30.8 Å². The SMILES string of the molecule is COc1ccc2c(c1)CC[C@@H](CNC[C@@H](O)c1ccc(C)c(S(N)(=O)=O)c1)C2=O. The van der Waals surface area contributed by atoms with E-state index < -0.39 is 16.1 Å². The first-order valence-corrected chi connectivity index (χ1v) is 11.0. The van der Waals surface area contributed by atoms with Crippen molar-refractivity contribution in [1.29, 1.82) is 0 Å². The highest BCUT2D eigenvalue weighted by Crippen LogP contribution is 2.28. The van der Waals surface area contributed by atoms with Gasteiger partial charge in [0.15, 0.2) is 5.78 Å². The van der Waals surface area contributed by atoms with Gasteiger partial charge in [0.1, 0.15) is 5.75 Å². The number of hydrogen-bond acceptors (Lipinski definition) is 6. The normalized spacial score (nSPS) is 17.7. The van der Waals surface area contributed by atoms with Crippen LogP contribution in [0.2, 0.25) is 0 Å². The number of aliphatic hydroxyl groups is 1. The summed E-state index contributed by atoms with van der Waals surface area (Å²) < 4.78 is 28.5. The largest absolute Gasteiger partial charge is 0.497 e. The molecule has 156 valence electrons. The number of Topliss-reactive ketones (excluding diaryl/α,β-unsaturated/α-hetero) is 1. The Morgan fingerprint density at radius 3 is 2.72 bits per heavy atom. The molecule has 0 saturated heterocycles. The summed E-state index contributed by atoms with van der Waals surface area (Å²) in [5.74, 6) is 0.664. The number of carbonyl (C=O) groups is 1. The Labute approximate surface area is 170 Å². The van der Waals surface area contributed by atoms with Crippen molar-refractivity contribution >= 4 is 15.8 Å². The molecule has 0 saturated carbocycles. The summed E-state index contributed by atoms with van der Waals surface area (Å²) in [6.07, 6.45) is 0.608. The van der Waals surface area contributed by atoms with E-state index in [1.807, 2.05) is 6.07 Å². The Hall–Kier alpha value is -2.26. The van der Waals surface area contributed by atoms with Crippen LogP contribution in [0.4, 0.5) is 0 Å². The van der Waals surface area contributed by atoms with Crippen LogP contribution >= 0.6 is 0 Å². The van der Waals surface area contributed by atoms with Gasteiger partial charge in [-0.15, -0.1) is 0 Å². The van der Waals surface area contributed by atoms with Crippen LogP contribution in [0.5, 0.6) is 5.75 Å². The summed E-state index contributed by atoms with van der Waals surface area (Å²) in [4.78, 5) is 12.7. The molecule has 0 bridgehead atoms. The molecule has 0 heterocycles. The molecular formula is C21H26N2O5S. The second-order valence-electron chi connectivity index (χ2n) is 7.37. The van der Waals surface area contributed by atoms with Gasteiger partial charge < -0.3 is 15.2 Å². The molecule has 29 heavy (non-hydrogen) atoms. The summed E-state index contributed by atoms with van der Waals surface area (Å²) in [6.45, 7) is 2.29. The smallest absolute Gasteiger partial charge is 0.238 e.